The Morgan fingerprint density at radius 2 is 1.88 bits per heavy atom. The molecule has 1 aromatic carbocycles. The summed E-state index contributed by atoms with van der Waals surface area (Å²) in [7, 11) is 0. The number of rotatable bonds is 2. The van der Waals surface area contributed by atoms with E-state index in [1.165, 1.54) is 36.6 Å². The SMILES string of the molecule is c1ccc([Se][C@@H]2CO[C@H]3CCCC[C@@H]3C2)cc1. The van der Waals surface area contributed by atoms with Crippen LogP contribution in [0.3, 0.4) is 0 Å². The third kappa shape index (κ3) is 2.93. The van der Waals surface area contributed by atoms with Crippen LogP contribution in [0, 0.1) is 5.92 Å². The van der Waals surface area contributed by atoms with E-state index in [1.54, 1.807) is 0 Å². The van der Waals surface area contributed by atoms with Crippen LogP contribution < -0.4 is 4.46 Å². The van der Waals surface area contributed by atoms with Crippen LogP contribution in [0.15, 0.2) is 30.3 Å². The molecule has 0 N–H and O–H groups in total. The van der Waals surface area contributed by atoms with Gasteiger partial charge in [0, 0.05) is 0 Å². The molecule has 1 heterocycles. The van der Waals surface area contributed by atoms with Crippen molar-refractivity contribution in [1.82, 2.24) is 0 Å². The zero-order valence-electron chi connectivity index (χ0n) is 10.2. The molecular weight excluding hydrogens is 275 g/mol. The van der Waals surface area contributed by atoms with Crippen LogP contribution in [0.2, 0.25) is 4.82 Å². The van der Waals surface area contributed by atoms with Gasteiger partial charge < -0.3 is 0 Å². The molecule has 0 aromatic heterocycles. The molecule has 0 spiro atoms. The van der Waals surface area contributed by atoms with Crippen molar-refractivity contribution in [2.75, 3.05) is 6.61 Å². The van der Waals surface area contributed by atoms with Gasteiger partial charge in [-0.25, -0.2) is 0 Å². The topological polar surface area (TPSA) is 9.23 Å². The fraction of sp³-hybridized carbons (Fsp3) is 0.600. The van der Waals surface area contributed by atoms with E-state index in [1.807, 2.05) is 0 Å². The Kier molecular flexibility index (Phi) is 3.85. The number of hydrogen-bond acceptors (Lipinski definition) is 1. The maximum atomic E-state index is 6.08. The predicted molar refractivity (Wildman–Crippen MR) is 71.9 cm³/mol. The van der Waals surface area contributed by atoms with Gasteiger partial charge in [-0.2, -0.15) is 0 Å². The van der Waals surface area contributed by atoms with Crippen LogP contribution >= 0.6 is 0 Å². The van der Waals surface area contributed by atoms with Crippen LogP contribution in [0.4, 0.5) is 0 Å². The fourth-order valence-corrected chi connectivity index (χ4v) is 5.57. The third-order valence-corrected chi connectivity index (χ3v) is 6.48. The molecule has 3 rings (SSSR count). The molecule has 1 saturated heterocycles. The van der Waals surface area contributed by atoms with Crippen molar-refractivity contribution in [3.8, 4) is 0 Å². The summed E-state index contributed by atoms with van der Waals surface area (Å²) in [5.41, 5.74) is 0. The van der Waals surface area contributed by atoms with Gasteiger partial charge in [0.05, 0.1) is 0 Å². The van der Waals surface area contributed by atoms with E-state index in [-0.39, 0.29) is 0 Å². The molecule has 1 aliphatic heterocycles. The summed E-state index contributed by atoms with van der Waals surface area (Å²) in [5.74, 6) is 0.869. The second-order valence-corrected chi connectivity index (χ2v) is 8.09. The van der Waals surface area contributed by atoms with Crippen molar-refractivity contribution < 1.29 is 4.74 Å². The van der Waals surface area contributed by atoms with Crippen LogP contribution in [0.5, 0.6) is 0 Å². The van der Waals surface area contributed by atoms with Crippen LogP contribution in [-0.2, 0) is 4.74 Å². The molecule has 1 nitrogen and oxygen atoms in total. The molecule has 0 amide bonds. The Morgan fingerprint density at radius 3 is 2.76 bits per heavy atom. The standard InChI is InChI=1S/C15H20OSe/c1-2-7-13(8-3-1)17-14-10-12-6-4-5-9-15(12)16-11-14/h1-3,7-8,12,14-15H,4-6,9-11H2/t12-,14+,15+/m1/s1. The van der Waals surface area contributed by atoms with Gasteiger partial charge in [-0.3, -0.25) is 0 Å². The van der Waals surface area contributed by atoms with Gasteiger partial charge in [-0.15, -0.1) is 0 Å². The molecule has 2 heteroatoms. The van der Waals surface area contributed by atoms with Gasteiger partial charge in [0.15, 0.2) is 0 Å². The van der Waals surface area contributed by atoms with Crippen molar-refractivity contribution in [1.29, 1.82) is 0 Å². The molecular formula is C15H20OSe. The first kappa shape index (κ1) is 11.8. The molecule has 17 heavy (non-hydrogen) atoms. The first-order chi connectivity index (χ1) is 8.42. The summed E-state index contributed by atoms with van der Waals surface area (Å²) in [6.07, 6.45) is 7.55. The van der Waals surface area contributed by atoms with Crippen molar-refractivity contribution in [2.45, 2.75) is 43.0 Å². The predicted octanol–water partition coefficient (Wildman–Crippen LogP) is 2.78. The second-order valence-electron chi connectivity index (χ2n) is 5.20. The van der Waals surface area contributed by atoms with E-state index in [2.05, 4.69) is 30.3 Å². The summed E-state index contributed by atoms with van der Waals surface area (Å²) in [6, 6.07) is 11.0. The van der Waals surface area contributed by atoms with E-state index >= 15 is 0 Å². The number of fused-ring (bicyclic) bond motifs is 1. The monoisotopic (exact) mass is 296 g/mol. The molecule has 1 aromatic rings. The summed E-state index contributed by atoms with van der Waals surface area (Å²) in [4.78, 5) is 0.809. The van der Waals surface area contributed by atoms with Gasteiger partial charge in [0.1, 0.15) is 0 Å². The quantitative estimate of drug-likeness (QED) is 0.762. The number of benzene rings is 1. The average Bonchev–Trinajstić information content (AvgIpc) is 2.40. The van der Waals surface area contributed by atoms with Crippen molar-refractivity contribution in [3.05, 3.63) is 30.3 Å². The van der Waals surface area contributed by atoms with E-state index in [9.17, 15) is 0 Å². The van der Waals surface area contributed by atoms with Crippen LogP contribution in [0.25, 0.3) is 0 Å². The Bertz CT molecular complexity index is 351. The molecule has 0 radical (unpaired) electrons. The van der Waals surface area contributed by atoms with E-state index in [0.29, 0.717) is 21.1 Å². The molecule has 2 fully saturated rings. The normalized spacial score (nSPS) is 33.1. The molecule has 92 valence electrons. The summed E-state index contributed by atoms with van der Waals surface area (Å²) in [5, 5.41) is 0. The summed E-state index contributed by atoms with van der Waals surface area (Å²) < 4.78 is 7.61. The number of hydrogen-bond donors (Lipinski definition) is 0. The fourth-order valence-electron chi connectivity index (χ4n) is 3.07. The molecule has 2 aliphatic rings. The Morgan fingerprint density at radius 1 is 1.06 bits per heavy atom. The average molecular weight is 295 g/mol. The van der Waals surface area contributed by atoms with E-state index in [4.69, 9.17) is 4.74 Å². The third-order valence-electron chi connectivity index (χ3n) is 3.95. The first-order valence-corrected chi connectivity index (χ1v) is 8.60. The second kappa shape index (κ2) is 5.56. The molecule has 3 atom stereocenters. The molecule has 1 saturated carbocycles. The van der Waals surface area contributed by atoms with Crippen LogP contribution in [-0.4, -0.2) is 27.7 Å². The summed E-state index contributed by atoms with van der Waals surface area (Å²) >= 11 is 0.601. The first-order valence-electron chi connectivity index (χ1n) is 6.75. The van der Waals surface area contributed by atoms with Gasteiger partial charge in [0.25, 0.3) is 0 Å². The van der Waals surface area contributed by atoms with Gasteiger partial charge in [-0.05, 0) is 0 Å². The molecule has 0 bridgehead atoms. The zero-order chi connectivity index (χ0) is 11.5. The van der Waals surface area contributed by atoms with Crippen molar-refractivity contribution in [3.63, 3.8) is 0 Å². The zero-order valence-corrected chi connectivity index (χ0v) is 11.9. The molecule has 0 unspecified atom stereocenters. The summed E-state index contributed by atoms with van der Waals surface area (Å²) in [6.45, 7) is 1.01. The molecule has 1 aliphatic carbocycles. The Labute approximate surface area is 110 Å². The Balaban J connectivity index is 1.59. The van der Waals surface area contributed by atoms with Gasteiger partial charge >= 0.3 is 110 Å². The minimum atomic E-state index is 0.601. The van der Waals surface area contributed by atoms with E-state index in [0.717, 1.165) is 17.3 Å². The van der Waals surface area contributed by atoms with Gasteiger partial charge in [0.2, 0.25) is 0 Å². The van der Waals surface area contributed by atoms with Crippen LogP contribution in [0.1, 0.15) is 32.1 Å². The number of ether oxygens (including phenoxy) is 1. The van der Waals surface area contributed by atoms with E-state index < -0.39 is 0 Å². The van der Waals surface area contributed by atoms with Gasteiger partial charge in [-0.1, -0.05) is 0 Å². The maximum absolute atomic E-state index is 6.08. The van der Waals surface area contributed by atoms with Crippen molar-refractivity contribution >= 4 is 19.4 Å². The minimum absolute atomic E-state index is 0.601. The van der Waals surface area contributed by atoms with Crippen molar-refractivity contribution in [2.24, 2.45) is 5.92 Å². The Hall–Kier alpha value is -0.301.